The van der Waals surface area contributed by atoms with Crippen LogP contribution in [0.25, 0.3) is 0 Å². The zero-order chi connectivity index (χ0) is 18.6. The third-order valence-electron chi connectivity index (χ3n) is 3.89. The lowest BCUT2D eigenvalue weighted by molar-refractivity contribution is -0.148. The summed E-state index contributed by atoms with van der Waals surface area (Å²) in [5.74, 6) is -1.52. The topological polar surface area (TPSA) is 93.5 Å². The van der Waals surface area contributed by atoms with E-state index in [-0.39, 0.29) is 12.5 Å². The summed E-state index contributed by atoms with van der Waals surface area (Å²) in [6.45, 7) is 3.83. The number of hydrogen-bond acceptors (Lipinski definition) is 4. The molecule has 0 saturated heterocycles. The molecular weight excluding hydrogens is 346 g/mol. The van der Waals surface area contributed by atoms with E-state index < -0.39 is 12.1 Å². The minimum Gasteiger partial charge on any atom is -0.479 e. The minimum atomic E-state index is -1.13. The highest BCUT2D eigenvalue weighted by Gasteiger charge is 2.22. The Bertz CT molecular complexity index is 788. The molecule has 2 N–H and O–H groups in total. The van der Waals surface area contributed by atoms with Crippen LogP contribution in [0.1, 0.15) is 27.3 Å². The number of amides is 1. The van der Waals surface area contributed by atoms with Crippen molar-refractivity contribution in [3.8, 4) is 0 Å². The number of aryl methyl sites for hydroxylation is 1. The van der Waals surface area contributed by atoms with Crippen molar-refractivity contribution < 1.29 is 19.4 Å². The Morgan fingerprint density at radius 2 is 2.04 bits per heavy atom. The van der Waals surface area contributed by atoms with Gasteiger partial charge in [0.2, 0.25) is 0 Å². The number of rotatable bonds is 7. The third-order valence-corrected chi connectivity index (χ3v) is 4.26. The summed E-state index contributed by atoms with van der Waals surface area (Å²) >= 11 is 6.18. The molecule has 1 heterocycles. The van der Waals surface area contributed by atoms with Gasteiger partial charge in [-0.3, -0.25) is 9.48 Å². The molecule has 1 aromatic heterocycles. The number of nitrogens with one attached hydrogen (secondary N) is 1. The molecule has 0 radical (unpaired) electrons. The summed E-state index contributed by atoms with van der Waals surface area (Å²) in [5, 5.41) is 16.6. The molecule has 8 heteroatoms. The maximum Gasteiger partial charge on any atom is 0.334 e. The number of carbonyl (C=O) groups is 2. The van der Waals surface area contributed by atoms with Gasteiger partial charge in [0.1, 0.15) is 0 Å². The SMILES string of the molecule is COC(CNC(=O)c1c(C)nn(Cc2ccccc2Cl)c1C)C(=O)O. The number of nitrogens with zero attached hydrogens (tertiary/aromatic N) is 2. The predicted octanol–water partition coefficient (Wildman–Crippen LogP) is 2.03. The number of methoxy groups -OCH3 is 1. The number of benzene rings is 1. The third kappa shape index (κ3) is 4.37. The average molecular weight is 366 g/mol. The van der Waals surface area contributed by atoms with Crippen molar-refractivity contribution in [2.45, 2.75) is 26.5 Å². The highest BCUT2D eigenvalue weighted by Crippen LogP contribution is 2.19. The zero-order valence-electron chi connectivity index (χ0n) is 14.2. The van der Waals surface area contributed by atoms with Gasteiger partial charge in [0.25, 0.3) is 5.91 Å². The van der Waals surface area contributed by atoms with E-state index in [4.69, 9.17) is 21.4 Å². The Kier molecular flexibility index (Phi) is 6.17. The highest BCUT2D eigenvalue weighted by atomic mass is 35.5. The van der Waals surface area contributed by atoms with Crippen LogP contribution in [-0.4, -0.2) is 46.5 Å². The van der Waals surface area contributed by atoms with Gasteiger partial charge in [0, 0.05) is 17.8 Å². The molecule has 0 aliphatic rings. The fourth-order valence-corrected chi connectivity index (χ4v) is 2.71. The molecule has 1 aromatic carbocycles. The van der Waals surface area contributed by atoms with Crippen molar-refractivity contribution in [3.05, 3.63) is 51.8 Å². The molecule has 134 valence electrons. The lowest BCUT2D eigenvalue weighted by atomic mass is 10.1. The van der Waals surface area contributed by atoms with Crippen LogP contribution in [0.5, 0.6) is 0 Å². The largest absolute Gasteiger partial charge is 0.479 e. The van der Waals surface area contributed by atoms with Gasteiger partial charge in [-0.2, -0.15) is 5.10 Å². The Balaban J connectivity index is 2.17. The molecule has 1 amide bonds. The summed E-state index contributed by atoms with van der Waals surface area (Å²) < 4.78 is 6.51. The molecule has 25 heavy (non-hydrogen) atoms. The summed E-state index contributed by atoms with van der Waals surface area (Å²) in [7, 11) is 1.28. The molecule has 7 nitrogen and oxygen atoms in total. The molecular formula is C17H20ClN3O4. The first-order chi connectivity index (χ1) is 11.8. The van der Waals surface area contributed by atoms with Crippen molar-refractivity contribution in [3.63, 3.8) is 0 Å². The summed E-state index contributed by atoms with van der Waals surface area (Å²) in [6.07, 6.45) is -1.09. The molecule has 0 aliphatic carbocycles. The van der Waals surface area contributed by atoms with Crippen molar-refractivity contribution in [1.29, 1.82) is 0 Å². The molecule has 0 spiro atoms. The predicted molar refractivity (Wildman–Crippen MR) is 93.0 cm³/mol. The van der Waals surface area contributed by atoms with Gasteiger partial charge in [0.05, 0.1) is 24.3 Å². The number of ether oxygens (including phenoxy) is 1. The second kappa shape index (κ2) is 8.13. The van der Waals surface area contributed by atoms with Crippen LogP contribution in [0, 0.1) is 13.8 Å². The van der Waals surface area contributed by atoms with Crippen LogP contribution in [0.15, 0.2) is 24.3 Å². The van der Waals surface area contributed by atoms with Gasteiger partial charge < -0.3 is 15.2 Å². The number of carboxylic acid groups (broad SMARTS) is 1. The van der Waals surface area contributed by atoms with Gasteiger partial charge in [-0.05, 0) is 25.5 Å². The molecule has 2 rings (SSSR count). The maximum absolute atomic E-state index is 12.4. The van der Waals surface area contributed by atoms with Gasteiger partial charge in [0.15, 0.2) is 6.10 Å². The fraction of sp³-hybridized carbons (Fsp3) is 0.353. The lowest BCUT2D eigenvalue weighted by Gasteiger charge is -2.12. The highest BCUT2D eigenvalue weighted by molar-refractivity contribution is 6.31. The van der Waals surface area contributed by atoms with E-state index in [1.807, 2.05) is 18.2 Å². The minimum absolute atomic E-state index is 0.126. The quantitative estimate of drug-likeness (QED) is 0.783. The van der Waals surface area contributed by atoms with Crippen molar-refractivity contribution >= 4 is 23.5 Å². The van der Waals surface area contributed by atoms with Crippen LogP contribution in [0.3, 0.4) is 0 Å². The van der Waals surface area contributed by atoms with Gasteiger partial charge in [-0.25, -0.2) is 4.79 Å². The fourth-order valence-electron chi connectivity index (χ4n) is 2.51. The van der Waals surface area contributed by atoms with Gasteiger partial charge in [-0.1, -0.05) is 29.8 Å². The molecule has 0 bridgehead atoms. The second-order valence-electron chi connectivity index (χ2n) is 5.57. The maximum atomic E-state index is 12.4. The van der Waals surface area contributed by atoms with Crippen LogP contribution in [-0.2, 0) is 16.1 Å². The van der Waals surface area contributed by atoms with E-state index in [2.05, 4.69) is 10.4 Å². The Labute approximate surface area is 150 Å². The number of aromatic nitrogens is 2. The normalized spacial score (nSPS) is 12.0. The second-order valence-corrected chi connectivity index (χ2v) is 5.97. The van der Waals surface area contributed by atoms with Crippen LogP contribution in [0.2, 0.25) is 5.02 Å². The monoisotopic (exact) mass is 365 g/mol. The smallest absolute Gasteiger partial charge is 0.334 e. The molecule has 1 atom stereocenters. The van der Waals surface area contributed by atoms with Crippen molar-refractivity contribution in [2.24, 2.45) is 0 Å². The number of carboxylic acids is 1. The van der Waals surface area contributed by atoms with Gasteiger partial charge >= 0.3 is 5.97 Å². The lowest BCUT2D eigenvalue weighted by Crippen LogP contribution is -2.38. The Hall–Kier alpha value is -2.38. The summed E-state index contributed by atoms with van der Waals surface area (Å²) in [4.78, 5) is 23.4. The van der Waals surface area contributed by atoms with Crippen LogP contribution in [0.4, 0.5) is 0 Å². The van der Waals surface area contributed by atoms with E-state index in [1.54, 1.807) is 24.6 Å². The number of hydrogen-bond donors (Lipinski definition) is 2. The molecule has 0 fully saturated rings. The standard InChI is InChI=1S/C17H20ClN3O4/c1-10-15(16(22)19-8-14(25-3)17(23)24)11(2)21(20-10)9-12-6-4-5-7-13(12)18/h4-7,14H,8-9H2,1-3H3,(H,19,22)(H,23,24). The first-order valence-corrected chi connectivity index (χ1v) is 8.04. The van der Waals surface area contributed by atoms with E-state index in [0.29, 0.717) is 28.5 Å². The Morgan fingerprint density at radius 1 is 1.36 bits per heavy atom. The number of halogens is 1. The zero-order valence-corrected chi connectivity index (χ0v) is 15.0. The van der Waals surface area contributed by atoms with Gasteiger partial charge in [-0.15, -0.1) is 0 Å². The first-order valence-electron chi connectivity index (χ1n) is 7.66. The van der Waals surface area contributed by atoms with E-state index >= 15 is 0 Å². The first kappa shape index (κ1) is 19.0. The van der Waals surface area contributed by atoms with Crippen molar-refractivity contribution in [2.75, 3.05) is 13.7 Å². The number of aliphatic carboxylic acids is 1. The van der Waals surface area contributed by atoms with E-state index in [9.17, 15) is 9.59 Å². The molecule has 0 saturated carbocycles. The summed E-state index contributed by atoms with van der Waals surface area (Å²) in [5.41, 5.74) is 2.56. The Morgan fingerprint density at radius 3 is 2.64 bits per heavy atom. The summed E-state index contributed by atoms with van der Waals surface area (Å²) in [6, 6.07) is 7.43. The average Bonchev–Trinajstić information content (AvgIpc) is 2.83. The molecule has 2 aromatic rings. The number of carbonyl (C=O) groups excluding carboxylic acids is 1. The van der Waals surface area contributed by atoms with E-state index in [0.717, 1.165) is 5.56 Å². The van der Waals surface area contributed by atoms with Crippen LogP contribution >= 0.6 is 11.6 Å². The molecule has 0 aliphatic heterocycles. The van der Waals surface area contributed by atoms with E-state index in [1.165, 1.54) is 7.11 Å². The van der Waals surface area contributed by atoms with Crippen LogP contribution < -0.4 is 5.32 Å². The molecule has 1 unspecified atom stereocenters. The van der Waals surface area contributed by atoms with Crippen molar-refractivity contribution in [1.82, 2.24) is 15.1 Å².